The molecule has 0 aliphatic carbocycles. The predicted octanol–water partition coefficient (Wildman–Crippen LogP) is 0.759. The van der Waals surface area contributed by atoms with E-state index in [-0.39, 0.29) is 6.04 Å². The quantitative estimate of drug-likeness (QED) is 0.874. The van der Waals surface area contributed by atoms with Crippen LogP contribution in [0.5, 0.6) is 5.75 Å². The Morgan fingerprint density at radius 3 is 2.89 bits per heavy atom. The van der Waals surface area contributed by atoms with Crippen LogP contribution < -0.4 is 4.74 Å². The molecule has 0 radical (unpaired) electrons. The van der Waals surface area contributed by atoms with Crippen molar-refractivity contribution >= 4 is 0 Å². The van der Waals surface area contributed by atoms with E-state index >= 15 is 0 Å². The SMILES string of the molecule is COc1cncc(C(O)C2CN(C)CCCN2C)c1. The number of likely N-dealkylation sites (N-methyl/N-ethyl adjacent to an activating group) is 2. The minimum absolute atomic E-state index is 0.0846. The number of aromatic nitrogens is 1. The molecule has 0 bridgehead atoms. The fourth-order valence-electron chi connectivity index (χ4n) is 2.58. The first-order valence-electron chi connectivity index (χ1n) is 6.67. The molecule has 2 atom stereocenters. The van der Waals surface area contributed by atoms with Crippen molar-refractivity contribution in [2.45, 2.75) is 18.6 Å². The summed E-state index contributed by atoms with van der Waals surface area (Å²) in [6.45, 7) is 2.93. The lowest BCUT2D eigenvalue weighted by atomic mass is 10.0. The Hall–Kier alpha value is -1.17. The number of pyridine rings is 1. The van der Waals surface area contributed by atoms with Crippen molar-refractivity contribution in [3.63, 3.8) is 0 Å². The second kappa shape index (κ2) is 6.32. The monoisotopic (exact) mass is 265 g/mol. The molecule has 1 aromatic rings. The topological polar surface area (TPSA) is 48.8 Å². The molecule has 0 aromatic carbocycles. The first-order chi connectivity index (χ1) is 9.11. The number of nitrogens with zero attached hydrogens (tertiary/aromatic N) is 3. The second-order valence-electron chi connectivity index (χ2n) is 5.27. The van der Waals surface area contributed by atoms with Gasteiger partial charge in [0.15, 0.2) is 0 Å². The van der Waals surface area contributed by atoms with Crippen LogP contribution in [0.1, 0.15) is 18.1 Å². The number of aliphatic hydroxyl groups is 1. The van der Waals surface area contributed by atoms with Crippen molar-refractivity contribution in [1.82, 2.24) is 14.8 Å². The van der Waals surface area contributed by atoms with Gasteiger partial charge in [0.05, 0.1) is 25.5 Å². The van der Waals surface area contributed by atoms with Crippen LogP contribution in [0.4, 0.5) is 0 Å². The summed E-state index contributed by atoms with van der Waals surface area (Å²) >= 11 is 0. The molecule has 0 saturated carbocycles. The van der Waals surface area contributed by atoms with Gasteiger partial charge < -0.3 is 14.7 Å². The van der Waals surface area contributed by atoms with Crippen molar-refractivity contribution in [2.24, 2.45) is 0 Å². The second-order valence-corrected chi connectivity index (χ2v) is 5.27. The van der Waals surface area contributed by atoms with Crippen molar-refractivity contribution in [2.75, 3.05) is 40.8 Å². The van der Waals surface area contributed by atoms with Gasteiger partial charge in [-0.25, -0.2) is 0 Å². The minimum Gasteiger partial charge on any atom is -0.495 e. The zero-order chi connectivity index (χ0) is 13.8. The molecule has 19 heavy (non-hydrogen) atoms. The third-order valence-electron chi connectivity index (χ3n) is 3.79. The summed E-state index contributed by atoms with van der Waals surface area (Å²) in [6.07, 6.45) is 3.95. The van der Waals surface area contributed by atoms with Crippen LogP contribution >= 0.6 is 0 Å². The van der Waals surface area contributed by atoms with Gasteiger partial charge in [-0.3, -0.25) is 9.88 Å². The van der Waals surface area contributed by atoms with Gasteiger partial charge in [-0.1, -0.05) is 0 Å². The number of aliphatic hydroxyl groups excluding tert-OH is 1. The van der Waals surface area contributed by atoms with Gasteiger partial charge in [0.2, 0.25) is 0 Å². The number of methoxy groups -OCH3 is 1. The van der Waals surface area contributed by atoms with Crippen molar-refractivity contribution in [1.29, 1.82) is 0 Å². The molecule has 1 N–H and O–H groups in total. The first-order valence-corrected chi connectivity index (χ1v) is 6.67. The van der Waals surface area contributed by atoms with Gasteiger partial charge >= 0.3 is 0 Å². The standard InChI is InChI=1S/C14H23N3O2/c1-16-5-4-6-17(2)13(10-16)14(18)11-7-12(19-3)9-15-8-11/h7-9,13-14,18H,4-6,10H2,1-3H3. The Morgan fingerprint density at radius 2 is 2.16 bits per heavy atom. The molecule has 2 unspecified atom stereocenters. The molecule has 2 rings (SSSR count). The molecule has 1 fully saturated rings. The zero-order valence-electron chi connectivity index (χ0n) is 11.9. The molecule has 5 nitrogen and oxygen atoms in total. The molecular formula is C14H23N3O2. The van der Waals surface area contributed by atoms with Gasteiger partial charge in [0.25, 0.3) is 0 Å². The largest absolute Gasteiger partial charge is 0.495 e. The van der Waals surface area contributed by atoms with Gasteiger partial charge in [0, 0.05) is 18.3 Å². The van der Waals surface area contributed by atoms with E-state index in [0.29, 0.717) is 5.75 Å². The summed E-state index contributed by atoms with van der Waals surface area (Å²) in [5, 5.41) is 10.6. The van der Waals surface area contributed by atoms with E-state index in [2.05, 4.69) is 28.9 Å². The maximum Gasteiger partial charge on any atom is 0.137 e. The Bertz CT molecular complexity index is 413. The van der Waals surface area contributed by atoms with E-state index in [1.807, 2.05) is 6.07 Å². The third kappa shape index (κ3) is 3.43. The summed E-state index contributed by atoms with van der Waals surface area (Å²) in [7, 11) is 5.78. The first kappa shape index (κ1) is 14.2. The van der Waals surface area contributed by atoms with Crippen LogP contribution in [-0.4, -0.2) is 66.8 Å². The maximum absolute atomic E-state index is 10.6. The van der Waals surface area contributed by atoms with E-state index in [0.717, 1.165) is 31.6 Å². The fourth-order valence-corrected chi connectivity index (χ4v) is 2.58. The van der Waals surface area contributed by atoms with Crippen LogP contribution in [0.25, 0.3) is 0 Å². The van der Waals surface area contributed by atoms with Crippen LogP contribution in [-0.2, 0) is 0 Å². The van der Waals surface area contributed by atoms with E-state index in [1.54, 1.807) is 19.5 Å². The minimum atomic E-state index is -0.548. The molecule has 1 saturated heterocycles. The van der Waals surface area contributed by atoms with Gasteiger partial charge in [0.1, 0.15) is 5.75 Å². The lowest BCUT2D eigenvalue weighted by Crippen LogP contribution is -2.42. The molecular weight excluding hydrogens is 242 g/mol. The highest BCUT2D eigenvalue weighted by Gasteiger charge is 2.28. The van der Waals surface area contributed by atoms with Gasteiger partial charge in [-0.15, -0.1) is 0 Å². The summed E-state index contributed by atoms with van der Waals surface area (Å²) in [5.41, 5.74) is 0.812. The third-order valence-corrected chi connectivity index (χ3v) is 3.79. The van der Waals surface area contributed by atoms with Crippen LogP contribution in [0.15, 0.2) is 18.5 Å². The van der Waals surface area contributed by atoms with Crippen LogP contribution in [0.2, 0.25) is 0 Å². The van der Waals surface area contributed by atoms with Crippen molar-refractivity contribution < 1.29 is 9.84 Å². The van der Waals surface area contributed by atoms with Gasteiger partial charge in [-0.2, -0.15) is 0 Å². The van der Waals surface area contributed by atoms with Crippen molar-refractivity contribution in [3.05, 3.63) is 24.0 Å². The Kier molecular flexibility index (Phi) is 4.74. The molecule has 1 aromatic heterocycles. The molecule has 0 spiro atoms. The van der Waals surface area contributed by atoms with Crippen molar-refractivity contribution in [3.8, 4) is 5.75 Å². The summed E-state index contributed by atoms with van der Waals surface area (Å²) in [6, 6.07) is 1.94. The lowest BCUT2D eigenvalue weighted by molar-refractivity contribution is 0.0568. The zero-order valence-corrected chi connectivity index (χ0v) is 11.9. The maximum atomic E-state index is 10.6. The molecule has 2 heterocycles. The highest BCUT2D eigenvalue weighted by molar-refractivity contribution is 5.26. The molecule has 1 aliphatic heterocycles. The molecule has 1 aliphatic rings. The Labute approximate surface area is 114 Å². The Morgan fingerprint density at radius 1 is 1.37 bits per heavy atom. The highest BCUT2D eigenvalue weighted by Crippen LogP contribution is 2.24. The summed E-state index contributed by atoms with van der Waals surface area (Å²) < 4.78 is 5.17. The average molecular weight is 265 g/mol. The number of hydrogen-bond donors (Lipinski definition) is 1. The molecule has 5 heteroatoms. The van der Waals surface area contributed by atoms with Crippen LogP contribution in [0, 0.1) is 0 Å². The highest BCUT2D eigenvalue weighted by atomic mass is 16.5. The fraction of sp³-hybridized carbons (Fsp3) is 0.643. The number of rotatable bonds is 3. The average Bonchev–Trinajstić information content (AvgIpc) is 2.59. The summed E-state index contributed by atoms with van der Waals surface area (Å²) in [5.74, 6) is 0.682. The van der Waals surface area contributed by atoms with Gasteiger partial charge in [-0.05, 0) is 39.7 Å². The smallest absolute Gasteiger partial charge is 0.137 e. The van der Waals surface area contributed by atoms with E-state index in [4.69, 9.17) is 4.74 Å². The number of ether oxygens (including phenoxy) is 1. The van der Waals surface area contributed by atoms with E-state index in [1.165, 1.54) is 0 Å². The van der Waals surface area contributed by atoms with E-state index in [9.17, 15) is 5.11 Å². The predicted molar refractivity (Wildman–Crippen MR) is 74.3 cm³/mol. The molecule has 106 valence electrons. The Balaban J connectivity index is 2.17. The summed E-state index contributed by atoms with van der Waals surface area (Å²) in [4.78, 5) is 8.62. The molecule has 0 amide bonds. The van der Waals surface area contributed by atoms with Crippen LogP contribution in [0.3, 0.4) is 0 Å². The normalized spacial score (nSPS) is 23.9. The van der Waals surface area contributed by atoms with E-state index < -0.39 is 6.10 Å². The lowest BCUT2D eigenvalue weighted by Gasteiger charge is -2.31. The number of hydrogen-bond acceptors (Lipinski definition) is 5.